The van der Waals surface area contributed by atoms with E-state index in [-0.39, 0.29) is 12.3 Å². The number of aryl methyl sites for hydroxylation is 1. The van der Waals surface area contributed by atoms with Crippen molar-refractivity contribution < 1.29 is 14.6 Å². The number of carboxylic acids is 1. The number of imidazole rings is 1. The molecule has 1 atom stereocenters. The maximum Gasteiger partial charge on any atom is 0.304 e. The molecule has 1 unspecified atom stereocenters. The minimum absolute atomic E-state index is 0.0174. The zero-order chi connectivity index (χ0) is 22.5. The van der Waals surface area contributed by atoms with Crippen LogP contribution in [-0.4, -0.2) is 20.5 Å². The third-order valence-corrected chi connectivity index (χ3v) is 5.32. The van der Waals surface area contributed by atoms with Gasteiger partial charge in [-0.2, -0.15) is 0 Å². The van der Waals surface area contributed by atoms with Crippen LogP contribution in [-0.2, 0) is 11.4 Å². The Kier molecular flexibility index (Phi) is 6.23. The minimum Gasteiger partial charge on any atom is -0.489 e. The lowest BCUT2D eigenvalue weighted by atomic mass is 9.96. The van der Waals surface area contributed by atoms with Gasteiger partial charge >= 0.3 is 5.97 Å². The summed E-state index contributed by atoms with van der Waals surface area (Å²) >= 11 is 0. The number of aromatic nitrogens is 2. The first-order chi connectivity index (χ1) is 15.5. The van der Waals surface area contributed by atoms with Crippen molar-refractivity contribution in [1.29, 1.82) is 0 Å². The SMILES string of the molecule is CC#CC(CC(=O)O)c1ccc(OCc2ccc3nc(-c4ccccc4C)cn3c2)cc1. The van der Waals surface area contributed by atoms with Gasteiger partial charge in [0.25, 0.3) is 0 Å². The van der Waals surface area contributed by atoms with Gasteiger partial charge in [-0.1, -0.05) is 48.4 Å². The number of pyridine rings is 1. The maximum absolute atomic E-state index is 11.1. The van der Waals surface area contributed by atoms with E-state index < -0.39 is 5.97 Å². The van der Waals surface area contributed by atoms with Crippen molar-refractivity contribution in [3.05, 3.63) is 89.7 Å². The Hall–Kier alpha value is -4.04. The van der Waals surface area contributed by atoms with Crippen molar-refractivity contribution in [2.75, 3.05) is 0 Å². The Balaban J connectivity index is 1.46. The van der Waals surface area contributed by atoms with Crippen LogP contribution in [0.15, 0.2) is 73.1 Å². The third kappa shape index (κ3) is 4.81. The molecule has 4 aromatic rings. The van der Waals surface area contributed by atoms with E-state index in [1.165, 1.54) is 5.56 Å². The van der Waals surface area contributed by atoms with E-state index >= 15 is 0 Å². The second-order valence-corrected chi connectivity index (χ2v) is 7.65. The predicted octanol–water partition coefficient (Wildman–Crippen LogP) is 5.47. The van der Waals surface area contributed by atoms with E-state index in [9.17, 15) is 4.79 Å². The molecule has 0 aliphatic heterocycles. The summed E-state index contributed by atoms with van der Waals surface area (Å²) in [5.41, 5.74) is 6.05. The van der Waals surface area contributed by atoms with Crippen LogP contribution in [0.25, 0.3) is 16.9 Å². The Bertz CT molecular complexity index is 1310. The Morgan fingerprint density at radius 2 is 1.88 bits per heavy atom. The molecule has 0 amide bonds. The van der Waals surface area contributed by atoms with Gasteiger partial charge in [-0.25, -0.2) is 4.98 Å². The first-order valence-corrected chi connectivity index (χ1v) is 10.4. The van der Waals surface area contributed by atoms with Gasteiger partial charge in [-0.15, -0.1) is 5.92 Å². The summed E-state index contributed by atoms with van der Waals surface area (Å²) in [7, 11) is 0. The molecular weight excluding hydrogens is 400 g/mol. The van der Waals surface area contributed by atoms with E-state index in [2.05, 4.69) is 30.9 Å². The van der Waals surface area contributed by atoms with Gasteiger partial charge in [-0.3, -0.25) is 4.79 Å². The highest BCUT2D eigenvalue weighted by Crippen LogP contribution is 2.24. The lowest BCUT2D eigenvalue weighted by Crippen LogP contribution is -2.04. The number of nitrogens with zero attached hydrogens (tertiary/aromatic N) is 2. The van der Waals surface area contributed by atoms with Gasteiger partial charge in [0.1, 0.15) is 18.0 Å². The molecule has 0 spiro atoms. The zero-order valence-electron chi connectivity index (χ0n) is 18.1. The summed E-state index contributed by atoms with van der Waals surface area (Å²) in [6, 6.07) is 19.7. The molecule has 0 fully saturated rings. The molecule has 5 nitrogen and oxygen atoms in total. The molecule has 0 bridgehead atoms. The Labute approximate surface area is 187 Å². The fraction of sp³-hybridized carbons (Fsp3) is 0.185. The van der Waals surface area contributed by atoms with E-state index in [1.807, 2.05) is 65.3 Å². The molecule has 32 heavy (non-hydrogen) atoms. The van der Waals surface area contributed by atoms with Crippen LogP contribution in [0.5, 0.6) is 5.75 Å². The number of carbonyl (C=O) groups is 1. The first-order valence-electron chi connectivity index (χ1n) is 10.4. The van der Waals surface area contributed by atoms with Gasteiger partial charge in [0.2, 0.25) is 0 Å². The van der Waals surface area contributed by atoms with Gasteiger partial charge in [0.05, 0.1) is 18.0 Å². The molecule has 2 aromatic carbocycles. The molecule has 0 aliphatic rings. The molecule has 0 saturated heterocycles. The standard InChI is InChI=1S/C27H24N2O3/c1-3-6-22(15-27(30)31)21-10-12-23(13-11-21)32-18-20-9-14-26-28-25(17-29(26)16-20)24-8-5-4-7-19(24)2/h4-5,7-14,16-17,22H,15,18H2,1-2H3,(H,30,31). The number of hydrogen-bond acceptors (Lipinski definition) is 3. The number of benzene rings is 2. The summed E-state index contributed by atoms with van der Waals surface area (Å²) in [4.78, 5) is 15.8. The molecule has 4 rings (SSSR count). The summed E-state index contributed by atoms with van der Waals surface area (Å²) in [6.45, 7) is 4.22. The van der Waals surface area contributed by atoms with Gasteiger partial charge < -0.3 is 14.2 Å². The normalized spacial score (nSPS) is 11.6. The summed E-state index contributed by atoms with van der Waals surface area (Å²) < 4.78 is 7.96. The average molecular weight is 425 g/mol. The number of hydrogen-bond donors (Lipinski definition) is 1. The van der Waals surface area contributed by atoms with Crippen molar-refractivity contribution in [3.8, 4) is 28.8 Å². The molecule has 0 saturated carbocycles. The second-order valence-electron chi connectivity index (χ2n) is 7.65. The van der Waals surface area contributed by atoms with Crippen molar-refractivity contribution in [2.24, 2.45) is 0 Å². The van der Waals surface area contributed by atoms with Crippen LogP contribution >= 0.6 is 0 Å². The maximum atomic E-state index is 11.1. The lowest BCUT2D eigenvalue weighted by molar-refractivity contribution is -0.137. The molecule has 2 aromatic heterocycles. The number of carboxylic acid groups (broad SMARTS) is 1. The second kappa shape index (κ2) is 9.40. The van der Waals surface area contributed by atoms with Crippen LogP contribution in [0, 0.1) is 18.8 Å². The van der Waals surface area contributed by atoms with E-state index in [0.29, 0.717) is 6.61 Å². The van der Waals surface area contributed by atoms with Crippen molar-refractivity contribution in [2.45, 2.75) is 32.8 Å². The quantitative estimate of drug-likeness (QED) is 0.400. The molecule has 0 radical (unpaired) electrons. The number of ether oxygens (including phenoxy) is 1. The van der Waals surface area contributed by atoms with Crippen LogP contribution in [0.2, 0.25) is 0 Å². The predicted molar refractivity (Wildman–Crippen MR) is 125 cm³/mol. The molecule has 2 heterocycles. The third-order valence-electron chi connectivity index (χ3n) is 5.32. The van der Waals surface area contributed by atoms with E-state index in [1.54, 1.807) is 6.92 Å². The van der Waals surface area contributed by atoms with Gasteiger partial charge in [-0.05, 0) is 43.2 Å². The van der Waals surface area contributed by atoms with Crippen LogP contribution in [0.4, 0.5) is 0 Å². The van der Waals surface area contributed by atoms with Gasteiger partial charge in [0.15, 0.2) is 0 Å². The molecule has 160 valence electrons. The fourth-order valence-corrected chi connectivity index (χ4v) is 3.68. The topological polar surface area (TPSA) is 63.8 Å². The van der Waals surface area contributed by atoms with Gasteiger partial charge in [0, 0.05) is 23.5 Å². The summed E-state index contributed by atoms with van der Waals surface area (Å²) in [6.07, 6.45) is 4.04. The fourth-order valence-electron chi connectivity index (χ4n) is 3.68. The average Bonchev–Trinajstić information content (AvgIpc) is 3.21. The van der Waals surface area contributed by atoms with E-state index in [4.69, 9.17) is 14.8 Å². The molecule has 1 N–H and O–H groups in total. The highest BCUT2D eigenvalue weighted by Gasteiger charge is 2.13. The van der Waals surface area contributed by atoms with Crippen LogP contribution in [0.3, 0.4) is 0 Å². The first kappa shape index (κ1) is 21.2. The minimum atomic E-state index is -0.862. The number of rotatable bonds is 7. The zero-order valence-corrected chi connectivity index (χ0v) is 18.1. The monoisotopic (exact) mass is 424 g/mol. The lowest BCUT2D eigenvalue weighted by Gasteiger charge is -2.11. The molecule has 0 aliphatic carbocycles. The Morgan fingerprint density at radius 1 is 1.09 bits per heavy atom. The smallest absolute Gasteiger partial charge is 0.304 e. The molecule has 5 heteroatoms. The van der Waals surface area contributed by atoms with Crippen molar-refractivity contribution in [1.82, 2.24) is 9.38 Å². The summed E-state index contributed by atoms with van der Waals surface area (Å²) in [5.74, 6) is 5.31. The van der Waals surface area contributed by atoms with E-state index in [0.717, 1.165) is 33.8 Å². The van der Waals surface area contributed by atoms with Crippen molar-refractivity contribution >= 4 is 11.6 Å². The highest BCUT2D eigenvalue weighted by molar-refractivity contribution is 5.69. The molecular formula is C27H24N2O3. The number of aliphatic carboxylic acids is 1. The largest absolute Gasteiger partial charge is 0.489 e. The van der Waals surface area contributed by atoms with Crippen LogP contribution in [0.1, 0.15) is 36.0 Å². The Morgan fingerprint density at radius 3 is 2.59 bits per heavy atom. The highest BCUT2D eigenvalue weighted by atomic mass is 16.5. The summed E-state index contributed by atoms with van der Waals surface area (Å²) in [5, 5.41) is 9.09. The number of fused-ring (bicyclic) bond motifs is 1. The van der Waals surface area contributed by atoms with Crippen molar-refractivity contribution in [3.63, 3.8) is 0 Å². The van der Waals surface area contributed by atoms with Crippen LogP contribution < -0.4 is 4.74 Å².